The van der Waals surface area contributed by atoms with Gasteiger partial charge in [-0.2, -0.15) is 4.99 Å². The number of benzene rings is 1. The lowest BCUT2D eigenvalue weighted by Crippen LogP contribution is -2.32. The number of rotatable bonds is 3. The first-order valence-corrected chi connectivity index (χ1v) is 6.79. The van der Waals surface area contributed by atoms with Crippen molar-refractivity contribution in [2.24, 2.45) is 4.99 Å². The van der Waals surface area contributed by atoms with Crippen LogP contribution in [0.3, 0.4) is 0 Å². The predicted molar refractivity (Wildman–Crippen MR) is 71.5 cm³/mol. The zero-order valence-corrected chi connectivity index (χ0v) is 10.6. The molecule has 0 atom stereocenters. The molecule has 1 aliphatic heterocycles. The Morgan fingerprint density at radius 3 is 2.56 bits per heavy atom. The lowest BCUT2D eigenvalue weighted by Gasteiger charge is -2.37. The van der Waals surface area contributed by atoms with E-state index in [1.165, 1.54) is 24.1 Å². The molecule has 1 aliphatic carbocycles. The van der Waals surface area contributed by atoms with Crippen LogP contribution in [0.25, 0.3) is 0 Å². The van der Waals surface area contributed by atoms with E-state index >= 15 is 0 Å². The fourth-order valence-electron chi connectivity index (χ4n) is 3.03. The lowest BCUT2D eigenvalue weighted by molar-refractivity contribution is 0.256. The number of hydrogen-bond acceptors (Lipinski definition) is 3. The summed E-state index contributed by atoms with van der Waals surface area (Å²) in [7, 11) is 0. The molecule has 3 rings (SSSR count). The van der Waals surface area contributed by atoms with Crippen molar-refractivity contribution in [1.82, 2.24) is 0 Å². The van der Waals surface area contributed by atoms with E-state index in [0.29, 0.717) is 0 Å². The van der Waals surface area contributed by atoms with Gasteiger partial charge in [-0.1, -0.05) is 12.1 Å². The largest absolute Gasteiger partial charge is 0.372 e. The van der Waals surface area contributed by atoms with Gasteiger partial charge in [-0.3, -0.25) is 0 Å². The molecule has 0 unspecified atom stereocenters. The summed E-state index contributed by atoms with van der Waals surface area (Å²) < 4.78 is 0. The normalized spacial score (nSPS) is 21.2. The standard InChI is InChI=1S/C15H18N2O/c18-12-16-15(7-4-8-15)13-5-3-6-14(11-13)17-9-1-2-10-17/h3,5-6,11H,1-2,4,7-10H2. The SMILES string of the molecule is O=C=NC1(c2cccc(N3CCCC3)c2)CCC1. The summed E-state index contributed by atoms with van der Waals surface area (Å²) in [4.78, 5) is 17.1. The summed E-state index contributed by atoms with van der Waals surface area (Å²) in [6.45, 7) is 2.29. The Labute approximate surface area is 108 Å². The highest BCUT2D eigenvalue weighted by molar-refractivity contribution is 5.52. The van der Waals surface area contributed by atoms with E-state index < -0.39 is 0 Å². The first kappa shape index (κ1) is 11.5. The smallest absolute Gasteiger partial charge is 0.235 e. The first-order valence-electron chi connectivity index (χ1n) is 6.79. The zero-order chi connectivity index (χ0) is 12.4. The van der Waals surface area contributed by atoms with E-state index in [-0.39, 0.29) is 5.54 Å². The fourth-order valence-corrected chi connectivity index (χ4v) is 3.03. The minimum atomic E-state index is -0.266. The van der Waals surface area contributed by atoms with E-state index in [1.54, 1.807) is 6.08 Å². The van der Waals surface area contributed by atoms with E-state index in [2.05, 4.69) is 34.2 Å². The van der Waals surface area contributed by atoms with E-state index in [1.807, 2.05) is 0 Å². The monoisotopic (exact) mass is 242 g/mol. The van der Waals surface area contributed by atoms with Gasteiger partial charge in [-0.05, 0) is 49.8 Å². The van der Waals surface area contributed by atoms with Crippen molar-refractivity contribution >= 4 is 11.8 Å². The summed E-state index contributed by atoms with van der Waals surface area (Å²) in [5, 5.41) is 0. The molecule has 3 nitrogen and oxygen atoms in total. The van der Waals surface area contributed by atoms with Crippen molar-refractivity contribution in [3.63, 3.8) is 0 Å². The summed E-state index contributed by atoms with van der Waals surface area (Å²) in [6.07, 6.45) is 7.43. The molecule has 2 fully saturated rings. The second-order valence-electron chi connectivity index (χ2n) is 5.33. The summed E-state index contributed by atoms with van der Waals surface area (Å²) in [6, 6.07) is 8.56. The van der Waals surface area contributed by atoms with Crippen molar-refractivity contribution < 1.29 is 4.79 Å². The van der Waals surface area contributed by atoms with Gasteiger partial charge < -0.3 is 4.90 Å². The van der Waals surface area contributed by atoms with Crippen LogP contribution in [-0.4, -0.2) is 19.2 Å². The van der Waals surface area contributed by atoms with Crippen LogP contribution in [0, 0.1) is 0 Å². The number of aliphatic imine (C=N–C) groups is 1. The molecule has 18 heavy (non-hydrogen) atoms. The molecule has 0 bridgehead atoms. The van der Waals surface area contributed by atoms with Gasteiger partial charge >= 0.3 is 0 Å². The molecule has 0 aromatic heterocycles. The summed E-state index contributed by atoms with van der Waals surface area (Å²) in [5.41, 5.74) is 2.19. The second-order valence-corrected chi connectivity index (χ2v) is 5.33. The van der Waals surface area contributed by atoms with Gasteiger partial charge in [0.2, 0.25) is 6.08 Å². The Morgan fingerprint density at radius 1 is 1.17 bits per heavy atom. The molecule has 0 radical (unpaired) electrons. The van der Waals surface area contributed by atoms with Crippen LogP contribution in [0.5, 0.6) is 0 Å². The van der Waals surface area contributed by atoms with Crippen LogP contribution in [-0.2, 0) is 10.3 Å². The molecule has 3 heteroatoms. The maximum atomic E-state index is 10.6. The average molecular weight is 242 g/mol. The quantitative estimate of drug-likeness (QED) is 0.603. The molecule has 1 heterocycles. The van der Waals surface area contributed by atoms with Crippen molar-refractivity contribution in [2.75, 3.05) is 18.0 Å². The molecule has 0 amide bonds. The van der Waals surface area contributed by atoms with Crippen LogP contribution in [0.4, 0.5) is 5.69 Å². The molecule has 1 aromatic rings. The van der Waals surface area contributed by atoms with Crippen molar-refractivity contribution in [3.05, 3.63) is 29.8 Å². The van der Waals surface area contributed by atoms with Gasteiger partial charge in [-0.15, -0.1) is 0 Å². The minimum Gasteiger partial charge on any atom is -0.372 e. The van der Waals surface area contributed by atoms with E-state index in [0.717, 1.165) is 32.4 Å². The van der Waals surface area contributed by atoms with E-state index in [9.17, 15) is 4.79 Å². The number of anilines is 1. The zero-order valence-electron chi connectivity index (χ0n) is 10.6. The maximum Gasteiger partial charge on any atom is 0.235 e. The topological polar surface area (TPSA) is 32.7 Å². The maximum absolute atomic E-state index is 10.6. The fraction of sp³-hybridized carbons (Fsp3) is 0.533. The Hall–Kier alpha value is -1.60. The highest BCUT2D eigenvalue weighted by Gasteiger charge is 2.39. The van der Waals surface area contributed by atoms with Gasteiger partial charge in [0, 0.05) is 18.8 Å². The van der Waals surface area contributed by atoms with Crippen molar-refractivity contribution in [1.29, 1.82) is 0 Å². The van der Waals surface area contributed by atoms with Crippen LogP contribution >= 0.6 is 0 Å². The number of carbonyl (C=O) groups excluding carboxylic acids is 1. The Morgan fingerprint density at radius 2 is 1.94 bits per heavy atom. The minimum absolute atomic E-state index is 0.266. The Kier molecular flexibility index (Phi) is 2.92. The third-order valence-corrected chi connectivity index (χ3v) is 4.30. The highest BCUT2D eigenvalue weighted by Crippen LogP contribution is 2.45. The molecule has 0 N–H and O–H groups in total. The van der Waals surface area contributed by atoms with Crippen LogP contribution in [0.2, 0.25) is 0 Å². The molecule has 1 saturated heterocycles. The second kappa shape index (κ2) is 4.58. The highest BCUT2D eigenvalue weighted by atomic mass is 16.1. The third kappa shape index (κ3) is 1.85. The van der Waals surface area contributed by atoms with Gasteiger partial charge in [-0.25, -0.2) is 4.79 Å². The Bertz CT molecular complexity index is 481. The summed E-state index contributed by atoms with van der Waals surface area (Å²) in [5.74, 6) is 0. The third-order valence-electron chi connectivity index (χ3n) is 4.30. The van der Waals surface area contributed by atoms with Crippen LogP contribution in [0.15, 0.2) is 29.3 Å². The molecular weight excluding hydrogens is 224 g/mol. The molecular formula is C15H18N2O. The first-order chi connectivity index (χ1) is 8.84. The number of hydrogen-bond donors (Lipinski definition) is 0. The van der Waals surface area contributed by atoms with E-state index in [4.69, 9.17) is 0 Å². The predicted octanol–water partition coefficient (Wildman–Crippen LogP) is 3.00. The average Bonchev–Trinajstić information content (AvgIpc) is 2.88. The van der Waals surface area contributed by atoms with Crippen molar-refractivity contribution in [3.8, 4) is 0 Å². The number of isocyanates is 1. The lowest BCUT2D eigenvalue weighted by atomic mass is 9.72. The van der Waals surface area contributed by atoms with Gasteiger partial charge in [0.05, 0.1) is 5.54 Å². The number of nitrogens with zero attached hydrogens (tertiary/aromatic N) is 2. The molecule has 2 aliphatic rings. The molecule has 94 valence electrons. The van der Waals surface area contributed by atoms with Gasteiger partial charge in [0.25, 0.3) is 0 Å². The Balaban J connectivity index is 1.92. The summed E-state index contributed by atoms with van der Waals surface area (Å²) >= 11 is 0. The van der Waals surface area contributed by atoms with Crippen LogP contribution < -0.4 is 4.90 Å². The van der Waals surface area contributed by atoms with Gasteiger partial charge in [0.15, 0.2) is 0 Å². The molecule has 1 aromatic carbocycles. The van der Waals surface area contributed by atoms with Gasteiger partial charge in [0.1, 0.15) is 0 Å². The van der Waals surface area contributed by atoms with Crippen LogP contribution in [0.1, 0.15) is 37.7 Å². The molecule has 0 spiro atoms. The molecule has 1 saturated carbocycles. The van der Waals surface area contributed by atoms with Crippen molar-refractivity contribution in [2.45, 2.75) is 37.6 Å².